The minimum atomic E-state index is 0.715. The molecule has 0 aliphatic carbocycles. The van der Waals surface area contributed by atoms with Gasteiger partial charge in [0.15, 0.2) is 0 Å². The second-order valence-corrected chi connectivity index (χ2v) is 9.16. The van der Waals surface area contributed by atoms with Crippen LogP contribution in [0.25, 0.3) is 22.3 Å². The van der Waals surface area contributed by atoms with Gasteiger partial charge in [0.05, 0.1) is 0 Å². The Balaban J connectivity index is 0.970. The van der Waals surface area contributed by atoms with Crippen molar-refractivity contribution >= 4 is 0 Å². The molecular weight excluding hydrogens is 444 g/mol. The van der Waals surface area contributed by atoms with Crippen molar-refractivity contribution in [2.75, 3.05) is 52.5 Å². The van der Waals surface area contributed by atoms with Crippen molar-refractivity contribution in [1.29, 1.82) is 0 Å². The maximum Gasteiger partial charge on any atom is 0.119 e. The van der Waals surface area contributed by atoms with E-state index in [1.54, 1.807) is 0 Å². The summed E-state index contributed by atoms with van der Waals surface area (Å²) in [6.07, 6.45) is 0. The van der Waals surface area contributed by atoms with Crippen molar-refractivity contribution in [3.63, 3.8) is 0 Å². The predicted molar refractivity (Wildman–Crippen MR) is 148 cm³/mol. The van der Waals surface area contributed by atoms with Crippen LogP contribution in [0.2, 0.25) is 0 Å². The Hall–Kier alpha value is -3.60. The summed E-state index contributed by atoms with van der Waals surface area (Å²) in [5.41, 5.74) is 4.89. The summed E-state index contributed by atoms with van der Waals surface area (Å²) in [6, 6.07) is 37.6. The van der Waals surface area contributed by atoms with Gasteiger partial charge in [0, 0.05) is 39.3 Å². The normalized spacial score (nSPS) is 14.4. The highest BCUT2D eigenvalue weighted by Crippen LogP contribution is 2.23. The number of benzene rings is 4. The van der Waals surface area contributed by atoms with Gasteiger partial charge in [-0.15, -0.1) is 0 Å². The van der Waals surface area contributed by atoms with Gasteiger partial charge in [0.25, 0.3) is 0 Å². The second-order valence-electron chi connectivity index (χ2n) is 9.16. The molecule has 4 aromatic carbocycles. The maximum atomic E-state index is 6.00. The zero-order chi connectivity index (χ0) is 24.4. The topological polar surface area (TPSA) is 24.9 Å². The van der Waals surface area contributed by atoms with Gasteiger partial charge in [-0.25, -0.2) is 0 Å². The number of piperazine rings is 1. The molecule has 1 heterocycles. The fourth-order valence-corrected chi connectivity index (χ4v) is 4.57. The predicted octanol–water partition coefficient (Wildman–Crippen LogP) is 6.10. The third-order valence-corrected chi connectivity index (χ3v) is 6.74. The van der Waals surface area contributed by atoms with Crippen molar-refractivity contribution in [1.82, 2.24) is 9.80 Å². The fourth-order valence-electron chi connectivity index (χ4n) is 4.57. The SMILES string of the molecule is c1ccc(-c2ccc(OCCN3CCN(CCOc4ccc(-c5ccccc5)cc4)CC3)cc2)cc1. The quantitative estimate of drug-likeness (QED) is 0.275. The number of nitrogens with zero attached hydrogens (tertiary/aromatic N) is 2. The number of hydrogen-bond acceptors (Lipinski definition) is 4. The molecule has 4 nitrogen and oxygen atoms in total. The van der Waals surface area contributed by atoms with Crippen LogP contribution in [0.3, 0.4) is 0 Å². The molecule has 0 amide bonds. The Labute approximate surface area is 214 Å². The molecular formula is C32H34N2O2. The summed E-state index contributed by atoms with van der Waals surface area (Å²) in [5.74, 6) is 1.87. The lowest BCUT2D eigenvalue weighted by Crippen LogP contribution is -2.48. The number of rotatable bonds is 10. The average Bonchev–Trinajstić information content (AvgIpc) is 2.96. The van der Waals surface area contributed by atoms with Gasteiger partial charge in [-0.2, -0.15) is 0 Å². The lowest BCUT2D eigenvalue weighted by atomic mass is 10.1. The molecule has 184 valence electrons. The van der Waals surface area contributed by atoms with E-state index in [1.807, 2.05) is 12.1 Å². The molecule has 0 atom stereocenters. The Morgan fingerprint density at radius 1 is 0.417 bits per heavy atom. The highest BCUT2D eigenvalue weighted by Gasteiger charge is 2.16. The first-order valence-electron chi connectivity index (χ1n) is 12.8. The van der Waals surface area contributed by atoms with Gasteiger partial charge < -0.3 is 9.47 Å². The smallest absolute Gasteiger partial charge is 0.119 e. The summed E-state index contributed by atoms with van der Waals surface area (Å²) in [4.78, 5) is 4.97. The minimum Gasteiger partial charge on any atom is -0.492 e. The molecule has 0 spiro atoms. The van der Waals surface area contributed by atoms with Crippen LogP contribution in [0.5, 0.6) is 11.5 Å². The van der Waals surface area contributed by atoms with E-state index in [9.17, 15) is 0 Å². The van der Waals surface area contributed by atoms with E-state index in [0.29, 0.717) is 13.2 Å². The van der Waals surface area contributed by atoms with E-state index >= 15 is 0 Å². The van der Waals surface area contributed by atoms with Crippen molar-refractivity contribution in [2.24, 2.45) is 0 Å². The summed E-state index contributed by atoms with van der Waals surface area (Å²) >= 11 is 0. The van der Waals surface area contributed by atoms with Crippen LogP contribution in [0.4, 0.5) is 0 Å². The van der Waals surface area contributed by atoms with E-state index in [2.05, 4.69) is 107 Å². The fraction of sp³-hybridized carbons (Fsp3) is 0.250. The molecule has 0 bridgehead atoms. The van der Waals surface area contributed by atoms with Crippen LogP contribution in [0.1, 0.15) is 0 Å². The standard InChI is InChI=1S/C32H34N2O2/c1-3-7-27(8-4-1)29-11-15-31(16-12-29)35-25-23-33-19-21-34(22-20-33)24-26-36-32-17-13-30(14-18-32)28-9-5-2-6-10-28/h1-18H,19-26H2. The van der Waals surface area contributed by atoms with E-state index in [4.69, 9.17) is 9.47 Å². The lowest BCUT2D eigenvalue weighted by Gasteiger charge is -2.34. The second kappa shape index (κ2) is 12.4. The molecule has 5 rings (SSSR count). The third-order valence-electron chi connectivity index (χ3n) is 6.74. The first-order chi connectivity index (χ1) is 17.8. The Morgan fingerprint density at radius 2 is 0.750 bits per heavy atom. The zero-order valence-corrected chi connectivity index (χ0v) is 20.8. The van der Waals surface area contributed by atoms with Crippen molar-refractivity contribution in [3.05, 3.63) is 109 Å². The van der Waals surface area contributed by atoms with Crippen molar-refractivity contribution < 1.29 is 9.47 Å². The number of ether oxygens (including phenoxy) is 2. The van der Waals surface area contributed by atoms with Crippen molar-refractivity contribution in [3.8, 4) is 33.8 Å². The van der Waals surface area contributed by atoms with Crippen LogP contribution in [0.15, 0.2) is 109 Å². The van der Waals surface area contributed by atoms with E-state index in [1.165, 1.54) is 22.3 Å². The van der Waals surface area contributed by atoms with E-state index in [0.717, 1.165) is 50.8 Å². The molecule has 36 heavy (non-hydrogen) atoms. The molecule has 4 heteroatoms. The van der Waals surface area contributed by atoms with Gasteiger partial charge >= 0.3 is 0 Å². The van der Waals surface area contributed by atoms with Crippen LogP contribution < -0.4 is 9.47 Å². The monoisotopic (exact) mass is 478 g/mol. The van der Waals surface area contributed by atoms with E-state index in [-0.39, 0.29) is 0 Å². The lowest BCUT2D eigenvalue weighted by molar-refractivity contribution is 0.105. The van der Waals surface area contributed by atoms with Gasteiger partial charge in [-0.05, 0) is 46.5 Å². The Bertz CT molecular complexity index is 1070. The third kappa shape index (κ3) is 6.75. The molecule has 1 aliphatic rings. The first-order valence-corrected chi connectivity index (χ1v) is 12.8. The Morgan fingerprint density at radius 3 is 1.11 bits per heavy atom. The van der Waals surface area contributed by atoms with Crippen LogP contribution in [0, 0.1) is 0 Å². The van der Waals surface area contributed by atoms with Crippen LogP contribution >= 0.6 is 0 Å². The summed E-state index contributed by atoms with van der Waals surface area (Å²) in [7, 11) is 0. The average molecular weight is 479 g/mol. The van der Waals surface area contributed by atoms with Gasteiger partial charge in [-0.1, -0.05) is 84.9 Å². The maximum absolute atomic E-state index is 6.00. The summed E-state index contributed by atoms with van der Waals surface area (Å²) in [6.45, 7) is 7.63. The largest absolute Gasteiger partial charge is 0.492 e. The molecule has 1 saturated heterocycles. The molecule has 0 saturated carbocycles. The summed E-state index contributed by atoms with van der Waals surface area (Å²) in [5, 5.41) is 0. The number of hydrogen-bond donors (Lipinski definition) is 0. The molecule has 4 aromatic rings. The van der Waals surface area contributed by atoms with Crippen LogP contribution in [-0.4, -0.2) is 62.3 Å². The first kappa shape index (κ1) is 24.1. The van der Waals surface area contributed by atoms with Crippen molar-refractivity contribution in [2.45, 2.75) is 0 Å². The molecule has 0 unspecified atom stereocenters. The highest BCUT2D eigenvalue weighted by molar-refractivity contribution is 5.64. The van der Waals surface area contributed by atoms with Gasteiger partial charge in [-0.3, -0.25) is 9.80 Å². The molecule has 0 radical (unpaired) electrons. The zero-order valence-electron chi connectivity index (χ0n) is 20.8. The minimum absolute atomic E-state index is 0.715. The van der Waals surface area contributed by atoms with Crippen LogP contribution in [-0.2, 0) is 0 Å². The van der Waals surface area contributed by atoms with Gasteiger partial charge in [0.2, 0.25) is 0 Å². The van der Waals surface area contributed by atoms with Gasteiger partial charge in [0.1, 0.15) is 24.7 Å². The highest BCUT2D eigenvalue weighted by atomic mass is 16.5. The molecule has 0 N–H and O–H groups in total. The molecule has 0 aromatic heterocycles. The Kier molecular flexibility index (Phi) is 8.30. The molecule has 1 aliphatic heterocycles. The summed E-state index contributed by atoms with van der Waals surface area (Å²) < 4.78 is 12.0. The molecule has 1 fully saturated rings. The van der Waals surface area contributed by atoms with E-state index < -0.39 is 0 Å².